The minimum absolute atomic E-state index is 0.382. The number of methoxy groups -OCH3 is 2. The minimum atomic E-state index is -0.488. The molecule has 17 heavy (non-hydrogen) atoms. The number of hydrogen-bond donors (Lipinski definition) is 0. The third-order valence-corrected chi connectivity index (χ3v) is 3.21. The fraction of sp³-hybridized carbons (Fsp3) is 0.500. The Morgan fingerprint density at radius 1 is 1.06 bits per heavy atom. The van der Waals surface area contributed by atoms with Crippen molar-refractivity contribution in [3.63, 3.8) is 0 Å². The number of hydrogen-bond acceptors (Lipinski definition) is 5. The van der Waals surface area contributed by atoms with Crippen molar-refractivity contribution in [3.8, 4) is 0 Å². The van der Waals surface area contributed by atoms with Crippen molar-refractivity contribution in [1.82, 2.24) is 0 Å². The Hall–Kier alpha value is -1.78. The van der Waals surface area contributed by atoms with E-state index >= 15 is 0 Å². The molecule has 0 N–H and O–H groups in total. The number of fused-ring (bicyclic) bond motifs is 1. The highest BCUT2D eigenvalue weighted by Gasteiger charge is 2.40. The summed E-state index contributed by atoms with van der Waals surface area (Å²) in [7, 11) is 2.64. The van der Waals surface area contributed by atoms with Gasteiger partial charge in [0.15, 0.2) is 0 Å². The summed E-state index contributed by atoms with van der Waals surface area (Å²) in [6, 6.07) is 0. The van der Waals surface area contributed by atoms with Gasteiger partial charge in [0.25, 0.3) is 0 Å². The summed E-state index contributed by atoms with van der Waals surface area (Å²) in [4.78, 5) is 23.3. The van der Waals surface area contributed by atoms with E-state index in [-0.39, 0.29) is 11.9 Å². The van der Waals surface area contributed by atoms with Gasteiger partial charge in [0.2, 0.25) is 0 Å². The Kier molecular flexibility index (Phi) is 3.17. The fourth-order valence-electron chi connectivity index (χ4n) is 2.26. The Bertz CT molecular complexity index is 395. The van der Waals surface area contributed by atoms with Crippen LogP contribution in [-0.4, -0.2) is 26.2 Å². The van der Waals surface area contributed by atoms with Gasteiger partial charge in [0.05, 0.1) is 38.6 Å². The summed E-state index contributed by atoms with van der Waals surface area (Å²) in [5.74, 6) is -1.74. The molecule has 92 valence electrons. The number of esters is 2. The van der Waals surface area contributed by atoms with E-state index in [0.717, 1.165) is 11.1 Å². The maximum Gasteiger partial charge on any atom is 0.309 e. The molecule has 0 saturated carbocycles. The first-order valence-electron chi connectivity index (χ1n) is 5.37. The molecule has 1 aliphatic rings. The Morgan fingerprint density at radius 2 is 1.47 bits per heavy atom. The minimum Gasteiger partial charge on any atom is -0.472 e. The molecule has 5 heteroatoms. The lowest BCUT2D eigenvalue weighted by atomic mass is 9.77. The van der Waals surface area contributed by atoms with Crippen LogP contribution in [-0.2, 0) is 31.9 Å². The van der Waals surface area contributed by atoms with Gasteiger partial charge in [-0.2, -0.15) is 0 Å². The molecule has 2 unspecified atom stereocenters. The zero-order valence-electron chi connectivity index (χ0n) is 9.76. The highest BCUT2D eigenvalue weighted by molar-refractivity contribution is 5.83. The quantitative estimate of drug-likeness (QED) is 0.718. The van der Waals surface area contributed by atoms with Crippen molar-refractivity contribution in [2.24, 2.45) is 11.8 Å². The van der Waals surface area contributed by atoms with Crippen LogP contribution in [0.5, 0.6) is 0 Å². The average Bonchev–Trinajstić information content (AvgIpc) is 2.82. The molecule has 0 radical (unpaired) electrons. The summed E-state index contributed by atoms with van der Waals surface area (Å²) < 4.78 is 14.5. The molecule has 1 heterocycles. The van der Waals surface area contributed by atoms with Crippen LogP contribution in [0.3, 0.4) is 0 Å². The zero-order chi connectivity index (χ0) is 12.4. The van der Waals surface area contributed by atoms with Crippen LogP contribution in [0.4, 0.5) is 0 Å². The Morgan fingerprint density at radius 3 is 1.82 bits per heavy atom. The maximum atomic E-state index is 11.7. The second kappa shape index (κ2) is 4.61. The number of rotatable bonds is 2. The van der Waals surface area contributed by atoms with E-state index in [0.29, 0.717) is 12.8 Å². The van der Waals surface area contributed by atoms with Crippen LogP contribution in [0.25, 0.3) is 0 Å². The van der Waals surface area contributed by atoms with Crippen molar-refractivity contribution in [2.75, 3.05) is 14.2 Å². The van der Waals surface area contributed by atoms with Gasteiger partial charge in [-0.05, 0) is 24.0 Å². The number of ether oxygens (including phenoxy) is 2. The van der Waals surface area contributed by atoms with Crippen LogP contribution < -0.4 is 0 Å². The second-order valence-electron chi connectivity index (χ2n) is 4.09. The predicted molar refractivity (Wildman–Crippen MR) is 57.1 cm³/mol. The number of carbonyl (C=O) groups excluding carboxylic acids is 2. The third-order valence-electron chi connectivity index (χ3n) is 3.21. The lowest BCUT2D eigenvalue weighted by Crippen LogP contribution is -2.37. The van der Waals surface area contributed by atoms with Crippen LogP contribution >= 0.6 is 0 Å². The first-order valence-corrected chi connectivity index (χ1v) is 5.37. The van der Waals surface area contributed by atoms with Gasteiger partial charge in [-0.15, -0.1) is 0 Å². The molecule has 1 aromatic heterocycles. The molecule has 5 nitrogen and oxygen atoms in total. The topological polar surface area (TPSA) is 65.7 Å². The van der Waals surface area contributed by atoms with Gasteiger partial charge in [0.1, 0.15) is 0 Å². The van der Waals surface area contributed by atoms with Crippen LogP contribution in [0.15, 0.2) is 16.9 Å². The van der Waals surface area contributed by atoms with Crippen molar-refractivity contribution < 1.29 is 23.5 Å². The SMILES string of the molecule is COC(=O)C1Cc2cocc2CC1C(=O)OC. The van der Waals surface area contributed by atoms with Gasteiger partial charge in [-0.25, -0.2) is 0 Å². The normalized spacial score (nSPS) is 22.7. The van der Waals surface area contributed by atoms with Crippen LogP contribution in [0.2, 0.25) is 0 Å². The Balaban J connectivity index is 2.29. The molecule has 2 rings (SSSR count). The lowest BCUT2D eigenvalue weighted by molar-refractivity contribution is -0.158. The lowest BCUT2D eigenvalue weighted by Gasteiger charge is -2.27. The Labute approximate surface area is 98.7 Å². The molecule has 0 amide bonds. The van der Waals surface area contributed by atoms with Gasteiger partial charge in [-0.1, -0.05) is 0 Å². The molecular formula is C12H14O5. The molecule has 1 aromatic rings. The zero-order valence-corrected chi connectivity index (χ0v) is 9.76. The molecule has 0 spiro atoms. The van der Waals surface area contributed by atoms with Gasteiger partial charge < -0.3 is 13.9 Å². The fourth-order valence-corrected chi connectivity index (χ4v) is 2.26. The van der Waals surface area contributed by atoms with Crippen molar-refractivity contribution in [3.05, 3.63) is 23.7 Å². The van der Waals surface area contributed by atoms with E-state index in [1.807, 2.05) is 0 Å². The molecule has 0 bridgehead atoms. The summed E-state index contributed by atoms with van der Waals surface area (Å²) in [5.41, 5.74) is 1.92. The predicted octanol–water partition coefficient (Wildman–Crippen LogP) is 0.957. The summed E-state index contributed by atoms with van der Waals surface area (Å²) in [6.45, 7) is 0. The van der Waals surface area contributed by atoms with E-state index in [1.165, 1.54) is 14.2 Å². The smallest absolute Gasteiger partial charge is 0.309 e. The summed E-state index contributed by atoms with van der Waals surface area (Å²) in [6.07, 6.45) is 4.13. The first-order chi connectivity index (χ1) is 8.17. The average molecular weight is 238 g/mol. The highest BCUT2D eigenvalue weighted by Crippen LogP contribution is 2.32. The largest absolute Gasteiger partial charge is 0.472 e. The van der Waals surface area contributed by atoms with Gasteiger partial charge >= 0.3 is 11.9 Å². The number of carbonyl (C=O) groups is 2. The highest BCUT2D eigenvalue weighted by atomic mass is 16.5. The van der Waals surface area contributed by atoms with Crippen molar-refractivity contribution in [1.29, 1.82) is 0 Å². The molecule has 0 aromatic carbocycles. The third kappa shape index (κ3) is 2.05. The molecule has 0 saturated heterocycles. The monoisotopic (exact) mass is 238 g/mol. The molecule has 2 atom stereocenters. The second-order valence-corrected chi connectivity index (χ2v) is 4.09. The molecule has 1 aliphatic carbocycles. The van der Waals surface area contributed by atoms with Gasteiger partial charge in [-0.3, -0.25) is 9.59 Å². The van der Waals surface area contributed by atoms with Crippen molar-refractivity contribution in [2.45, 2.75) is 12.8 Å². The van der Waals surface area contributed by atoms with Crippen molar-refractivity contribution >= 4 is 11.9 Å². The summed E-state index contributed by atoms with van der Waals surface area (Å²) in [5, 5.41) is 0. The van der Waals surface area contributed by atoms with Crippen LogP contribution in [0.1, 0.15) is 11.1 Å². The van der Waals surface area contributed by atoms with E-state index in [4.69, 9.17) is 13.9 Å². The van der Waals surface area contributed by atoms with E-state index < -0.39 is 11.8 Å². The van der Waals surface area contributed by atoms with Gasteiger partial charge in [0, 0.05) is 0 Å². The standard InChI is InChI=1S/C12H14O5/c1-15-11(13)9-3-7-5-17-6-8(7)4-10(9)12(14)16-2/h5-6,9-10H,3-4H2,1-2H3. The van der Waals surface area contributed by atoms with E-state index in [1.54, 1.807) is 12.5 Å². The molecule has 0 aliphatic heterocycles. The first kappa shape index (κ1) is 11.7. The van der Waals surface area contributed by atoms with E-state index in [2.05, 4.69) is 0 Å². The molecule has 0 fully saturated rings. The molecular weight excluding hydrogens is 224 g/mol. The summed E-state index contributed by atoms with van der Waals surface area (Å²) >= 11 is 0. The maximum absolute atomic E-state index is 11.7. The van der Waals surface area contributed by atoms with Crippen LogP contribution in [0, 0.1) is 11.8 Å². The van der Waals surface area contributed by atoms with E-state index in [9.17, 15) is 9.59 Å². The number of furan rings is 1.